The van der Waals surface area contributed by atoms with E-state index in [1.165, 1.54) is 11.2 Å². The summed E-state index contributed by atoms with van der Waals surface area (Å²) in [7, 11) is 0. The number of hydrogen-bond acceptors (Lipinski definition) is 5. The molecule has 1 aromatic heterocycles. The topological polar surface area (TPSA) is 82.8 Å². The van der Waals surface area contributed by atoms with Crippen molar-refractivity contribution in [2.75, 3.05) is 10.2 Å². The number of aliphatic hydroxyl groups is 1. The molecule has 5 rings (SSSR count). The molecule has 1 fully saturated rings. The second-order valence-corrected chi connectivity index (χ2v) is 10.5. The van der Waals surface area contributed by atoms with Gasteiger partial charge in [-0.3, -0.25) is 14.5 Å². The van der Waals surface area contributed by atoms with Crippen molar-refractivity contribution in [2.24, 2.45) is 0 Å². The summed E-state index contributed by atoms with van der Waals surface area (Å²) in [5.74, 6) is -1.29. The van der Waals surface area contributed by atoms with Crippen molar-refractivity contribution < 1.29 is 19.1 Å². The SMILES string of the molecule is Cc1ccc(C(C)(C)C)cc1/C(O)=C1\C(=O)C(=O)N(c2ccc(Nc3ccccc3)cc2)C1c1ccco1. The second-order valence-electron chi connectivity index (χ2n) is 10.5. The van der Waals surface area contributed by atoms with Crippen molar-refractivity contribution >= 4 is 34.5 Å². The lowest BCUT2D eigenvalue weighted by Crippen LogP contribution is -2.29. The molecule has 192 valence electrons. The van der Waals surface area contributed by atoms with Gasteiger partial charge in [0, 0.05) is 22.6 Å². The van der Waals surface area contributed by atoms with Gasteiger partial charge in [-0.25, -0.2) is 0 Å². The number of ketones is 1. The highest BCUT2D eigenvalue weighted by atomic mass is 16.3. The maximum Gasteiger partial charge on any atom is 0.300 e. The first kappa shape index (κ1) is 25.1. The molecule has 1 aliphatic heterocycles. The molecule has 2 N–H and O–H groups in total. The molecule has 1 unspecified atom stereocenters. The third kappa shape index (κ3) is 4.61. The van der Waals surface area contributed by atoms with Crippen LogP contribution in [0.25, 0.3) is 5.76 Å². The van der Waals surface area contributed by atoms with Crippen molar-refractivity contribution in [3.8, 4) is 0 Å². The van der Waals surface area contributed by atoms with Gasteiger partial charge < -0.3 is 14.8 Å². The van der Waals surface area contributed by atoms with Gasteiger partial charge in [-0.1, -0.05) is 51.1 Å². The number of furan rings is 1. The van der Waals surface area contributed by atoms with Crippen molar-refractivity contribution in [3.05, 3.63) is 119 Å². The van der Waals surface area contributed by atoms with Crippen LogP contribution in [0.4, 0.5) is 17.1 Å². The highest BCUT2D eigenvalue weighted by Crippen LogP contribution is 2.43. The molecule has 2 heterocycles. The van der Waals surface area contributed by atoms with Gasteiger partial charge in [0.05, 0.1) is 11.8 Å². The molecular weight excluding hydrogens is 476 g/mol. The van der Waals surface area contributed by atoms with Crippen LogP contribution in [-0.4, -0.2) is 16.8 Å². The molecule has 1 amide bonds. The Kier molecular flexibility index (Phi) is 6.41. The molecule has 0 radical (unpaired) electrons. The van der Waals surface area contributed by atoms with E-state index in [4.69, 9.17) is 4.42 Å². The number of nitrogens with zero attached hydrogens (tertiary/aromatic N) is 1. The summed E-state index contributed by atoms with van der Waals surface area (Å²) in [6.45, 7) is 8.12. The largest absolute Gasteiger partial charge is 0.507 e. The molecule has 1 atom stereocenters. The summed E-state index contributed by atoms with van der Waals surface area (Å²) in [5, 5.41) is 14.9. The normalized spacial score (nSPS) is 17.2. The number of amides is 1. The molecule has 4 aromatic rings. The molecule has 6 nitrogen and oxygen atoms in total. The van der Waals surface area contributed by atoms with E-state index in [9.17, 15) is 14.7 Å². The van der Waals surface area contributed by atoms with Crippen LogP contribution in [0.1, 0.15) is 49.3 Å². The maximum atomic E-state index is 13.4. The minimum absolute atomic E-state index is 0.00518. The molecule has 38 heavy (non-hydrogen) atoms. The zero-order valence-corrected chi connectivity index (χ0v) is 21.9. The van der Waals surface area contributed by atoms with Gasteiger partial charge >= 0.3 is 0 Å². The number of nitrogens with one attached hydrogen (secondary N) is 1. The predicted octanol–water partition coefficient (Wildman–Crippen LogP) is 7.26. The monoisotopic (exact) mass is 506 g/mol. The number of benzene rings is 3. The molecule has 3 aromatic carbocycles. The fourth-order valence-corrected chi connectivity index (χ4v) is 4.70. The summed E-state index contributed by atoms with van der Waals surface area (Å²) in [6.07, 6.45) is 1.49. The Balaban J connectivity index is 1.59. The lowest BCUT2D eigenvalue weighted by Gasteiger charge is -2.24. The first-order valence-electron chi connectivity index (χ1n) is 12.5. The van der Waals surface area contributed by atoms with Crippen LogP contribution in [-0.2, 0) is 15.0 Å². The van der Waals surface area contributed by atoms with Gasteiger partial charge in [-0.2, -0.15) is 0 Å². The number of aryl methyl sites for hydroxylation is 1. The van der Waals surface area contributed by atoms with Crippen LogP contribution in [0.15, 0.2) is 101 Å². The first-order valence-corrected chi connectivity index (χ1v) is 12.5. The fourth-order valence-electron chi connectivity index (χ4n) is 4.70. The number of anilines is 3. The third-order valence-electron chi connectivity index (χ3n) is 6.82. The van der Waals surface area contributed by atoms with Crippen LogP contribution in [0.5, 0.6) is 0 Å². The second kappa shape index (κ2) is 9.71. The Morgan fingerprint density at radius 3 is 2.21 bits per heavy atom. The summed E-state index contributed by atoms with van der Waals surface area (Å²) in [4.78, 5) is 28.3. The van der Waals surface area contributed by atoms with E-state index >= 15 is 0 Å². The third-order valence-corrected chi connectivity index (χ3v) is 6.82. The van der Waals surface area contributed by atoms with Gasteiger partial charge in [-0.15, -0.1) is 0 Å². The van der Waals surface area contributed by atoms with Gasteiger partial charge in [0.1, 0.15) is 17.6 Å². The van der Waals surface area contributed by atoms with Crippen molar-refractivity contribution in [1.29, 1.82) is 0 Å². The Morgan fingerprint density at radius 2 is 1.58 bits per heavy atom. The van der Waals surface area contributed by atoms with Crippen molar-refractivity contribution in [3.63, 3.8) is 0 Å². The quantitative estimate of drug-likeness (QED) is 0.169. The van der Waals surface area contributed by atoms with Crippen LogP contribution in [0.2, 0.25) is 0 Å². The number of rotatable bonds is 5. The highest BCUT2D eigenvalue weighted by molar-refractivity contribution is 6.51. The smallest absolute Gasteiger partial charge is 0.300 e. The maximum absolute atomic E-state index is 13.4. The number of carbonyl (C=O) groups excluding carboxylic acids is 2. The molecule has 0 saturated carbocycles. The molecule has 0 bridgehead atoms. The summed E-state index contributed by atoms with van der Waals surface area (Å²) in [5.41, 5.74) is 4.47. The van der Waals surface area contributed by atoms with Crippen molar-refractivity contribution in [2.45, 2.75) is 39.2 Å². The van der Waals surface area contributed by atoms with Gasteiger partial charge in [0.2, 0.25) is 0 Å². The Morgan fingerprint density at radius 1 is 0.895 bits per heavy atom. The minimum Gasteiger partial charge on any atom is -0.507 e. The summed E-state index contributed by atoms with van der Waals surface area (Å²) >= 11 is 0. The van der Waals surface area contributed by atoms with Crippen LogP contribution in [0, 0.1) is 6.92 Å². The lowest BCUT2D eigenvalue weighted by molar-refractivity contribution is -0.132. The molecule has 0 spiro atoms. The number of para-hydroxylation sites is 1. The van der Waals surface area contributed by atoms with Crippen LogP contribution >= 0.6 is 0 Å². The van der Waals surface area contributed by atoms with E-state index in [-0.39, 0.29) is 16.7 Å². The predicted molar refractivity (Wildman–Crippen MR) is 150 cm³/mol. The van der Waals surface area contributed by atoms with E-state index in [1.54, 1.807) is 24.3 Å². The van der Waals surface area contributed by atoms with Crippen molar-refractivity contribution in [1.82, 2.24) is 0 Å². The van der Waals surface area contributed by atoms with Gasteiger partial charge in [0.25, 0.3) is 11.7 Å². The van der Waals surface area contributed by atoms with E-state index in [0.29, 0.717) is 17.0 Å². The highest BCUT2D eigenvalue weighted by Gasteiger charge is 2.48. The summed E-state index contributed by atoms with van der Waals surface area (Å²) in [6, 6.07) is 25.3. The minimum atomic E-state index is -0.907. The number of hydrogen-bond donors (Lipinski definition) is 2. The molecule has 1 saturated heterocycles. The van der Waals surface area contributed by atoms with Gasteiger partial charge in [-0.05, 0) is 78.1 Å². The Labute approximate surface area is 222 Å². The fraction of sp³-hybridized carbons (Fsp3) is 0.188. The molecule has 6 heteroatoms. The van der Waals surface area contributed by atoms with Crippen LogP contribution in [0.3, 0.4) is 0 Å². The summed E-state index contributed by atoms with van der Waals surface area (Å²) < 4.78 is 5.69. The van der Waals surface area contributed by atoms with E-state index < -0.39 is 17.7 Å². The Hall–Kier alpha value is -4.58. The lowest BCUT2D eigenvalue weighted by atomic mass is 9.84. The zero-order valence-electron chi connectivity index (χ0n) is 21.9. The standard InChI is InChI=1S/C32H30N2O4/c1-20-12-13-21(32(2,3)4)19-25(20)29(35)27-28(26-11-8-18-38-26)34(31(37)30(27)36)24-16-14-23(15-17-24)33-22-9-6-5-7-10-22/h5-19,28,33,35H,1-4H3/b29-27+. The number of carbonyl (C=O) groups is 2. The molecule has 1 aliphatic rings. The van der Waals surface area contributed by atoms with Crippen LogP contribution < -0.4 is 10.2 Å². The zero-order chi connectivity index (χ0) is 27.0. The van der Waals surface area contributed by atoms with E-state index in [0.717, 1.165) is 22.5 Å². The number of Topliss-reactive ketones (excluding diaryl/α,β-unsaturated/α-hetero) is 1. The molecular formula is C32H30N2O4. The Bertz CT molecular complexity index is 1510. The average molecular weight is 507 g/mol. The van der Waals surface area contributed by atoms with Gasteiger partial charge in [0.15, 0.2) is 0 Å². The number of aliphatic hydroxyl groups excluding tert-OH is 1. The first-order chi connectivity index (χ1) is 18.1. The van der Waals surface area contributed by atoms with E-state index in [2.05, 4.69) is 26.1 Å². The molecule has 0 aliphatic carbocycles. The van der Waals surface area contributed by atoms with E-state index in [1.807, 2.05) is 67.6 Å². The average Bonchev–Trinajstić information content (AvgIpc) is 3.51.